The first-order valence-corrected chi connectivity index (χ1v) is 7.41. The van der Waals surface area contributed by atoms with Crippen LogP contribution in [0.2, 0.25) is 0 Å². The lowest BCUT2D eigenvalue weighted by molar-refractivity contribution is 0.595. The molecule has 0 spiro atoms. The Morgan fingerprint density at radius 1 is 1.30 bits per heavy atom. The van der Waals surface area contributed by atoms with Crippen molar-refractivity contribution in [2.24, 2.45) is 5.14 Å². The van der Waals surface area contributed by atoms with Crippen LogP contribution in [0, 0.1) is 0 Å². The summed E-state index contributed by atoms with van der Waals surface area (Å²) in [6.07, 6.45) is 3.58. The van der Waals surface area contributed by atoms with Crippen molar-refractivity contribution in [3.8, 4) is 5.95 Å². The van der Waals surface area contributed by atoms with E-state index < -0.39 is 10.0 Å². The Bertz CT molecular complexity index is 669. The van der Waals surface area contributed by atoms with E-state index in [9.17, 15) is 8.42 Å². The molecule has 0 radical (unpaired) electrons. The highest BCUT2D eigenvalue weighted by Gasteiger charge is 2.07. The van der Waals surface area contributed by atoms with Crippen LogP contribution in [0.5, 0.6) is 0 Å². The molecule has 0 aliphatic carbocycles. The number of sulfonamides is 1. The zero-order chi connectivity index (χ0) is 14.6. The van der Waals surface area contributed by atoms with E-state index in [1.807, 2.05) is 0 Å². The standard InChI is InChI=1S/C9H14N8O2S/c10-7-14-8(12-3-2-6-20(11,18)19)16-9(15-7)17-5-1-4-13-17/h1,4-5H,2-3,6H2,(H2,11,18,19)(H3,10,12,14,15,16). The smallest absolute Gasteiger partial charge is 0.257 e. The number of hydrogen-bond donors (Lipinski definition) is 3. The summed E-state index contributed by atoms with van der Waals surface area (Å²) < 4.78 is 23.0. The largest absolute Gasteiger partial charge is 0.368 e. The topological polar surface area (TPSA) is 155 Å². The van der Waals surface area contributed by atoms with E-state index in [1.165, 1.54) is 4.68 Å². The molecule has 2 aromatic rings. The lowest BCUT2D eigenvalue weighted by Crippen LogP contribution is -2.19. The van der Waals surface area contributed by atoms with Gasteiger partial charge in [0.15, 0.2) is 0 Å². The molecule has 20 heavy (non-hydrogen) atoms. The molecule has 0 unspecified atom stereocenters. The van der Waals surface area contributed by atoms with E-state index in [0.717, 1.165) is 0 Å². The van der Waals surface area contributed by atoms with Gasteiger partial charge in [0.05, 0.1) is 5.75 Å². The van der Waals surface area contributed by atoms with Crippen LogP contribution in [-0.2, 0) is 10.0 Å². The lowest BCUT2D eigenvalue weighted by Gasteiger charge is -2.06. The fraction of sp³-hybridized carbons (Fsp3) is 0.333. The van der Waals surface area contributed by atoms with Gasteiger partial charge < -0.3 is 11.1 Å². The summed E-state index contributed by atoms with van der Waals surface area (Å²) in [4.78, 5) is 12.0. The molecule has 2 rings (SSSR count). The Hall–Kier alpha value is -2.27. The second-order valence-electron chi connectivity index (χ2n) is 3.92. The summed E-state index contributed by atoms with van der Waals surface area (Å²) in [5.74, 6) is 0.445. The van der Waals surface area contributed by atoms with Crippen LogP contribution in [0.4, 0.5) is 11.9 Å². The Balaban J connectivity index is 2.02. The molecule has 0 bridgehead atoms. The summed E-state index contributed by atoms with van der Waals surface area (Å²) in [5, 5.41) is 11.7. The third kappa shape index (κ3) is 4.13. The Morgan fingerprint density at radius 2 is 2.10 bits per heavy atom. The van der Waals surface area contributed by atoms with Gasteiger partial charge in [0, 0.05) is 18.9 Å². The van der Waals surface area contributed by atoms with E-state index in [0.29, 0.717) is 13.0 Å². The molecule has 5 N–H and O–H groups in total. The molecule has 0 saturated carbocycles. The number of primary sulfonamides is 1. The van der Waals surface area contributed by atoms with Crippen LogP contribution in [0.3, 0.4) is 0 Å². The van der Waals surface area contributed by atoms with Crippen LogP contribution < -0.4 is 16.2 Å². The Kier molecular flexibility index (Phi) is 4.10. The first-order valence-electron chi connectivity index (χ1n) is 5.70. The molecule has 0 aliphatic rings. The molecule has 11 heteroatoms. The van der Waals surface area contributed by atoms with Gasteiger partial charge in [0.2, 0.25) is 21.9 Å². The minimum Gasteiger partial charge on any atom is -0.368 e. The van der Waals surface area contributed by atoms with Crippen molar-refractivity contribution in [3.05, 3.63) is 18.5 Å². The molecular weight excluding hydrogens is 284 g/mol. The van der Waals surface area contributed by atoms with E-state index in [4.69, 9.17) is 10.9 Å². The van der Waals surface area contributed by atoms with Crippen LogP contribution in [0.15, 0.2) is 18.5 Å². The van der Waals surface area contributed by atoms with Gasteiger partial charge >= 0.3 is 0 Å². The Morgan fingerprint density at radius 3 is 2.75 bits per heavy atom. The number of nitrogens with two attached hydrogens (primary N) is 2. The van der Waals surface area contributed by atoms with E-state index in [1.54, 1.807) is 18.5 Å². The average molecular weight is 298 g/mol. The third-order valence-corrected chi connectivity index (χ3v) is 3.10. The van der Waals surface area contributed by atoms with Crippen molar-refractivity contribution in [1.82, 2.24) is 24.7 Å². The molecule has 2 aromatic heterocycles. The summed E-state index contributed by atoms with van der Waals surface area (Å²) >= 11 is 0. The minimum atomic E-state index is -3.46. The van der Waals surface area contributed by atoms with Crippen LogP contribution >= 0.6 is 0 Å². The molecule has 0 aliphatic heterocycles. The van der Waals surface area contributed by atoms with Gasteiger partial charge in [-0.1, -0.05) is 0 Å². The number of rotatable bonds is 6. The quantitative estimate of drug-likeness (QED) is 0.557. The maximum absolute atomic E-state index is 10.8. The number of nitrogen functional groups attached to an aromatic ring is 1. The SMILES string of the molecule is Nc1nc(NCCCS(N)(=O)=O)nc(-n2cccn2)n1. The number of nitrogens with one attached hydrogen (secondary N) is 1. The van der Waals surface area contributed by atoms with Gasteiger partial charge in [-0.3, -0.25) is 0 Å². The molecule has 10 nitrogen and oxygen atoms in total. The van der Waals surface area contributed by atoms with Crippen LogP contribution in [0.25, 0.3) is 5.95 Å². The van der Waals surface area contributed by atoms with Crippen LogP contribution in [0.1, 0.15) is 6.42 Å². The molecule has 2 heterocycles. The van der Waals surface area contributed by atoms with Crippen molar-refractivity contribution >= 4 is 21.9 Å². The fourth-order valence-electron chi connectivity index (χ4n) is 1.42. The molecule has 0 aromatic carbocycles. The molecule has 0 saturated heterocycles. The van der Waals surface area contributed by atoms with Gasteiger partial charge in [-0.2, -0.15) is 20.1 Å². The summed E-state index contributed by atoms with van der Waals surface area (Å²) in [5.41, 5.74) is 5.58. The second-order valence-corrected chi connectivity index (χ2v) is 5.65. The predicted molar refractivity (Wildman–Crippen MR) is 72.4 cm³/mol. The molecule has 0 fully saturated rings. The zero-order valence-electron chi connectivity index (χ0n) is 10.5. The van der Waals surface area contributed by atoms with Crippen molar-refractivity contribution < 1.29 is 8.42 Å². The number of nitrogens with zero attached hydrogens (tertiary/aromatic N) is 5. The van der Waals surface area contributed by atoms with E-state index in [-0.39, 0.29) is 23.6 Å². The second kappa shape index (κ2) is 5.79. The first-order chi connectivity index (χ1) is 9.44. The summed E-state index contributed by atoms with van der Waals surface area (Å²) in [6.45, 7) is 0.346. The minimum absolute atomic E-state index is 0.0412. The highest BCUT2D eigenvalue weighted by molar-refractivity contribution is 7.89. The van der Waals surface area contributed by atoms with Crippen molar-refractivity contribution in [3.63, 3.8) is 0 Å². The number of hydrogen-bond acceptors (Lipinski definition) is 8. The highest BCUT2D eigenvalue weighted by atomic mass is 32.2. The fourth-order valence-corrected chi connectivity index (χ4v) is 1.97. The zero-order valence-corrected chi connectivity index (χ0v) is 11.3. The summed E-state index contributed by atoms with van der Waals surface area (Å²) in [7, 11) is -3.46. The first kappa shape index (κ1) is 14.1. The van der Waals surface area contributed by atoms with Crippen LogP contribution in [-0.4, -0.2) is 45.4 Å². The number of aromatic nitrogens is 5. The maximum atomic E-state index is 10.8. The molecule has 108 valence electrons. The molecular formula is C9H14N8O2S. The van der Waals surface area contributed by atoms with Gasteiger partial charge in [-0.15, -0.1) is 0 Å². The highest BCUT2D eigenvalue weighted by Crippen LogP contribution is 2.06. The van der Waals surface area contributed by atoms with E-state index in [2.05, 4.69) is 25.4 Å². The Labute approximate surface area is 115 Å². The van der Waals surface area contributed by atoms with Gasteiger partial charge in [-0.05, 0) is 12.5 Å². The molecule has 0 atom stereocenters. The van der Waals surface area contributed by atoms with Crippen molar-refractivity contribution in [2.75, 3.05) is 23.3 Å². The van der Waals surface area contributed by atoms with Crippen molar-refractivity contribution in [1.29, 1.82) is 0 Å². The third-order valence-electron chi connectivity index (χ3n) is 2.24. The van der Waals surface area contributed by atoms with Gasteiger partial charge in [0.25, 0.3) is 5.95 Å². The summed E-state index contributed by atoms with van der Waals surface area (Å²) in [6, 6.07) is 1.72. The predicted octanol–water partition coefficient (Wildman–Crippen LogP) is -1.27. The average Bonchev–Trinajstić information content (AvgIpc) is 2.86. The van der Waals surface area contributed by atoms with Gasteiger partial charge in [0.1, 0.15) is 0 Å². The van der Waals surface area contributed by atoms with Gasteiger partial charge in [-0.25, -0.2) is 18.2 Å². The molecule has 0 amide bonds. The normalized spacial score (nSPS) is 11.4. The van der Waals surface area contributed by atoms with E-state index >= 15 is 0 Å². The van der Waals surface area contributed by atoms with Crippen molar-refractivity contribution in [2.45, 2.75) is 6.42 Å². The number of anilines is 2. The maximum Gasteiger partial charge on any atom is 0.257 e. The monoisotopic (exact) mass is 298 g/mol. The lowest BCUT2D eigenvalue weighted by atomic mass is 10.5.